The second-order valence-electron chi connectivity index (χ2n) is 4.05. The highest BCUT2D eigenvalue weighted by atomic mass is 79.9. The van der Waals surface area contributed by atoms with Crippen LogP contribution >= 0.6 is 27.7 Å². The van der Waals surface area contributed by atoms with Crippen molar-refractivity contribution in [3.05, 3.63) is 15.9 Å². The van der Waals surface area contributed by atoms with Crippen LogP contribution in [0.1, 0.15) is 25.2 Å². The van der Waals surface area contributed by atoms with Gasteiger partial charge in [0.05, 0.1) is 15.9 Å². The third kappa shape index (κ3) is 4.30. The van der Waals surface area contributed by atoms with Gasteiger partial charge in [-0.15, -0.1) is 0 Å². The van der Waals surface area contributed by atoms with Gasteiger partial charge in [0.25, 0.3) is 0 Å². The van der Waals surface area contributed by atoms with Crippen LogP contribution in [0.15, 0.2) is 4.47 Å². The van der Waals surface area contributed by atoms with Crippen LogP contribution in [0.5, 0.6) is 0 Å². The Morgan fingerprint density at radius 3 is 2.47 bits per heavy atom. The lowest BCUT2D eigenvalue weighted by Gasteiger charge is -2.17. The second kappa shape index (κ2) is 7.44. The van der Waals surface area contributed by atoms with Crippen LogP contribution in [0, 0.1) is 6.92 Å². The van der Waals surface area contributed by atoms with Gasteiger partial charge >= 0.3 is 0 Å². The Bertz CT molecular complexity index is 348. The van der Waals surface area contributed by atoms with Gasteiger partial charge in [-0.2, -0.15) is 16.9 Å². The minimum Gasteiger partial charge on any atom is -0.303 e. The number of hydrogen-bond acceptors (Lipinski definition) is 3. The van der Waals surface area contributed by atoms with Crippen molar-refractivity contribution in [3.8, 4) is 0 Å². The maximum absolute atomic E-state index is 4.40. The van der Waals surface area contributed by atoms with Crippen LogP contribution in [0.25, 0.3) is 0 Å². The van der Waals surface area contributed by atoms with Crippen LogP contribution < -0.4 is 0 Å². The van der Waals surface area contributed by atoms with Crippen molar-refractivity contribution in [2.75, 3.05) is 25.4 Å². The van der Waals surface area contributed by atoms with E-state index in [-0.39, 0.29) is 0 Å². The molecule has 1 rings (SSSR count). The molecule has 0 N–H and O–H groups in total. The zero-order chi connectivity index (χ0) is 12.8. The molecule has 17 heavy (non-hydrogen) atoms. The lowest BCUT2D eigenvalue weighted by atomic mass is 10.4. The highest BCUT2D eigenvalue weighted by Gasteiger charge is 2.10. The van der Waals surface area contributed by atoms with Crippen LogP contribution in [-0.2, 0) is 12.8 Å². The molecule has 0 spiro atoms. The summed E-state index contributed by atoms with van der Waals surface area (Å²) in [5, 5.41) is 4.40. The fourth-order valence-corrected chi connectivity index (χ4v) is 3.46. The average Bonchev–Trinajstić information content (AvgIpc) is 2.55. The summed E-state index contributed by atoms with van der Waals surface area (Å²) < 4.78 is 3.14. The van der Waals surface area contributed by atoms with Crippen molar-refractivity contribution in [1.29, 1.82) is 0 Å². The van der Waals surface area contributed by atoms with Crippen molar-refractivity contribution in [1.82, 2.24) is 14.7 Å². The summed E-state index contributed by atoms with van der Waals surface area (Å²) in [5.74, 6) is 2.21. The molecule has 0 atom stereocenters. The molecule has 0 amide bonds. The molecule has 98 valence electrons. The van der Waals surface area contributed by atoms with E-state index in [1.165, 1.54) is 18.0 Å². The van der Waals surface area contributed by atoms with Crippen LogP contribution in [0.4, 0.5) is 0 Å². The van der Waals surface area contributed by atoms with Crippen molar-refractivity contribution in [3.63, 3.8) is 0 Å². The van der Waals surface area contributed by atoms with E-state index in [1.807, 2.05) is 30.4 Å². The standard InChI is InChI=1S/C12H22BrN3S/c1-5-16(6-2)7-8-17-9-11-12(13)10(3)14-15(11)4/h5-9H2,1-4H3. The number of thioether (sulfide) groups is 1. The minimum absolute atomic E-state index is 1.03. The predicted molar refractivity (Wildman–Crippen MR) is 79.6 cm³/mol. The summed E-state index contributed by atoms with van der Waals surface area (Å²) in [7, 11) is 2.01. The van der Waals surface area contributed by atoms with E-state index >= 15 is 0 Å². The SMILES string of the molecule is CCN(CC)CCSCc1c(Br)c(C)nn1C. The van der Waals surface area contributed by atoms with Gasteiger partial charge in [-0.25, -0.2) is 0 Å². The molecule has 0 aliphatic rings. The fraction of sp³-hybridized carbons (Fsp3) is 0.750. The Labute approximate surface area is 117 Å². The molecule has 0 bridgehead atoms. The number of aromatic nitrogens is 2. The Morgan fingerprint density at radius 1 is 1.35 bits per heavy atom. The summed E-state index contributed by atoms with van der Waals surface area (Å²) in [5.41, 5.74) is 2.36. The monoisotopic (exact) mass is 319 g/mol. The highest BCUT2D eigenvalue weighted by molar-refractivity contribution is 9.10. The zero-order valence-corrected chi connectivity index (χ0v) is 13.6. The second-order valence-corrected chi connectivity index (χ2v) is 5.95. The van der Waals surface area contributed by atoms with Gasteiger partial charge in [0, 0.05) is 25.1 Å². The van der Waals surface area contributed by atoms with Crippen molar-refractivity contribution >= 4 is 27.7 Å². The van der Waals surface area contributed by atoms with Crippen molar-refractivity contribution in [2.24, 2.45) is 7.05 Å². The van der Waals surface area contributed by atoms with E-state index in [0.717, 1.165) is 29.0 Å². The Hall–Kier alpha value is 0. The number of aryl methyl sites for hydroxylation is 2. The molecular formula is C12H22BrN3S. The molecule has 0 radical (unpaired) electrons. The number of hydrogen-bond donors (Lipinski definition) is 0. The molecule has 3 nitrogen and oxygen atoms in total. The molecular weight excluding hydrogens is 298 g/mol. The van der Waals surface area contributed by atoms with Crippen LogP contribution in [0.3, 0.4) is 0 Å². The summed E-state index contributed by atoms with van der Waals surface area (Å²) >= 11 is 5.58. The maximum Gasteiger partial charge on any atom is 0.0738 e. The summed E-state index contributed by atoms with van der Waals surface area (Å²) in [4.78, 5) is 2.45. The topological polar surface area (TPSA) is 21.1 Å². The minimum atomic E-state index is 1.03. The van der Waals surface area contributed by atoms with Gasteiger partial charge in [0.1, 0.15) is 0 Å². The number of rotatable bonds is 7. The van der Waals surface area contributed by atoms with Crippen LogP contribution in [0.2, 0.25) is 0 Å². The first-order valence-corrected chi connectivity index (χ1v) is 8.02. The molecule has 1 aromatic rings. The Balaban J connectivity index is 2.36. The van der Waals surface area contributed by atoms with Crippen molar-refractivity contribution < 1.29 is 0 Å². The fourth-order valence-electron chi connectivity index (χ4n) is 1.74. The van der Waals surface area contributed by atoms with E-state index in [9.17, 15) is 0 Å². The molecule has 0 aliphatic heterocycles. The molecule has 0 saturated carbocycles. The Kier molecular flexibility index (Phi) is 6.59. The molecule has 1 aromatic heterocycles. The predicted octanol–water partition coefficient (Wildman–Crippen LogP) is 3.07. The highest BCUT2D eigenvalue weighted by Crippen LogP contribution is 2.24. The number of halogens is 1. The molecule has 0 fully saturated rings. The zero-order valence-electron chi connectivity index (χ0n) is 11.2. The molecule has 0 aliphatic carbocycles. The van der Waals surface area contributed by atoms with E-state index in [2.05, 4.69) is 39.8 Å². The average molecular weight is 320 g/mol. The number of nitrogens with zero attached hydrogens (tertiary/aromatic N) is 3. The molecule has 5 heteroatoms. The third-order valence-corrected chi connectivity index (χ3v) is 4.93. The van der Waals surface area contributed by atoms with E-state index < -0.39 is 0 Å². The van der Waals surface area contributed by atoms with E-state index in [4.69, 9.17) is 0 Å². The van der Waals surface area contributed by atoms with Gasteiger partial charge in [-0.1, -0.05) is 13.8 Å². The first-order valence-electron chi connectivity index (χ1n) is 6.08. The van der Waals surface area contributed by atoms with E-state index in [1.54, 1.807) is 0 Å². The lowest BCUT2D eigenvalue weighted by molar-refractivity contribution is 0.324. The van der Waals surface area contributed by atoms with Gasteiger partial charge in [0.15, 0.2) is 0 Å². The lowest BCUT2D eigenvalue weighted by Crippen LogP contribution is -2.25. The van der Waals surface area contributed by atoms with Gasteiger partial charge in [-0.05, 0) is 35.9 Å². The summed E-state index contributed by atoms with van der Waals surface area (Å²) in [6, 6.07) is 0. The quantitative estimate of drug-likeness (QED) is 0.721. The molecule has 0 saturated heterocycles. The molecule has 1 heterocycles. The smallest absolute Gasteiger partial charge is 0.0738 e. The van der Waals surface area contributed by atoms with Crippen LogP contribution in [-0.4, -0.2) is 40.1 Å². The van der Waals surface area contributed by atoms with Gasteiger partial charge in [-0.3, -0.25) is 4.68 Å². The normalized spacial score (nSPS) is 11.4. The maximum atomic E-state index is 4.40. The molecule has 0 aromatic carbocycles. The molecule has 0 unspecified atom stereocenters. The first-order chi connectivity index (χ1) is 8.10. The van der Waals surface area contributed by atoms with Gasteiger partial charge in [0.2, 0.25) is 0 Å². The van der Waals surface area contributed by atoms with Gasteiger partial charge < -0.3 is 4.90 Å². The Morgan fingerprint density at radius 2 is 2.00 bits per heavy atom. The third-order valence-electron chi connectivity index (χ3n) is 2.95. The first kappa shape index (κ1) is 15.1. The van der Waals surface area contributed by atoms with E-state index in [0.29, 0.717) is 0 Å². The van der Waals surface area contributed by atoms with Crippen molar-refractivity contribution in [2.45, 2.75) is 26.5 Å². The summed E-state index contributed by atoms with van der Waals surface area (Å²) in [6.07, 6.45) is 0. The summed E-state index contributed by atoms with van der Waals surface area (Å²) in [6.45, 7) is 9.93. The largest absolute Gasteiger partial charge is 0.303 e.